The van der Waals surface area contributed by atoms with Crippen LogP contribution < -0.4 is 5.32 Å². The lowest BCUT2D eigenvalue weighted by Crippen LogP contribution is -2.24. The van der Waals surface area contributed by atoms with Crippen LogP contribution >= 0.6 is 11.3 Å². The third-order valence-electron chi connectivity index (χ3n) is 2.68. The monoisotopic (exact) mass is 251 g/mol. The number of furan rings is 1. The Kier molecular flexibility index (Phi) is 3.99. The number of hydrogen-bond donors (Lipinski definition) is 2. The van der Waals surface area contributed by atoms with E-state index in [2.05, 4.69) is 5.32 Å². The standard InChI is InChI=1S/C13H17NO2S/c1-9-5-6-12(16-9)10(2)14-8-11(15)13-4-3-7-17-13/h3-7,10-11,14-15H,8H2,1-2H3. The number of thiophene rings is 1. The summed E-state index contributed by atoms with van der Waals surface area (Å²) < 4.78 is 5.53. The van der Waals surface area contributed by atoms with Gasteiger partial charge in [-0.05, 0) is 37.4 Å². The van der Waals surface area contributed by atoms with Gasteiger partial charge in [-0.1, -0.05) is 6.07 Å². The van der Waals surface area contributed by atoms with Crippen molar-refractivity contribution in [3.63, 3.8) is 0 Å². The lowest BCUT2D eigenvalue weighted by Gasteiger charge is -2.14. The van der Waals surface area contributed by atoms with E-state index in [9.17, 15) is 5.11 Å². The van der Waals surface area contributed by atoms with E-state index in [1.165, 1.54) is 0 Å². The van der Waals surface area contributed by atoms with Crippen LogP contribution in [-0.4, -0.2) is 11.7 Å². The van der Waals surface area contributed by atoms with Gasteiger partial charge in [0.15, 0.2) is 0 Å². The second-order valence-corrected chi connectivity index (χ2v) is 5.09. The maximum atomic E-state index is 9.93. The van der Waals surface area contributed by atoms with Crippen molar-refractivity contribution in [2.24, 2.45) is 0 Å². The van der Waals surface area contributed by atoms with Crippen LogP contribution in [0.4, 0.5) is 0 Å². The van der Waals surface area contributed by atoms with Gasteiger partial charge in [0.05, 0.1) is 6.04 Å². The predicted molar refractivity (Wildman–Crippen MR) is 69.1 cm³/mol. The van der Waals surface area contributed by atoms with E-state index in [1.807, 2.05) is 43.5 Å². The molecule has 92 valence electrons. The SMILES string of the molecule is Cc1ccc(C(C)NCC(O)c2cccs2)o1. The highest BCUT2D eigenvalue weighted by Crippen LogP contribution is 2.20. The van der Waals surface area contributed by atoms with Crippen molar-refractivity contribution >= 4 is 11.3 Å². The minimum Gasteiger partial charge on any atom is -0.465 e. The predicted octanol–water partition coefficient (Wildman–Crippen LogP) is 3.03. The van der Waals surface area contributed by atoms with E-state index < -0.39 is 6.10 Å². The number of aliphatic hydroxyl groups is 1. The summed E-state index contributed by atoms with van der Waals surface area (Å²) >= 11 is 1.57. The second kappa shape index (κ2) is 5.49. The Labute approximate surface area is 105 Å². The molecule has 0 aliphatic rings. The molecule has 2 heterocycles. The second-order valence-electron chi connectivity index (χ2n) is 4.11. The molecule has 0 aliphatic carbocycles. The molecule has 0 saturated heterocycles. The van der Waals surface area contributed by atoms with Crippen LogP contribution in [-0.2, 0) is 0 Å². The van der Waals surface area contributed by atoms with E-state index in [0.717, 1.165) is 16.4 Å². The van der Waals surface area contributed by atoms with E-state index in [-0.39, 0.29) is 6.04 Å². The van der Waals surface area contributed by atoms with Gasteiger partial charge in [0.2, 0.25) is 0 Å². The molecule has 0 aromatic carbocycles. The van der Waals surface area contributed by atoms with Crippen LogP contribution in [0, 0.1) is 6.92 Å². The first-order chi connectivity index (χ1) is 8.16. The zero-order valence-electron chi connectivity index (χ0n) is 10.0. The van der Waals surface area contributed by atoms with E-state index in [4.69, 9.17) is 4.42 Å². The van der Waals surface area contributed by atoms with Crippen LogP contribution in [0.2, 0.25) is 0 Å². The Morgan fingerprint density at radius 2 is 2.24 bits per heavy atom. The fourth-order valence-electron chi connectivity index (χ4n) is 1.66. The summed E-state index contributed by atoms with van der Waals surface area (Å²) in [7, 11) is 0. The molecule has 3 nitrogen and oxygen atoms in total. The third-order valence-corrected chi connectivity index (χ3v) is 3.65. The number of rotatable bonds is 5. The highest BCUT2D eigenvalue weighted by Gasteiger charge is 2.13. The molecule has 0 amide bonds. The normalized spacial score (nSPS) is 14.8. The molecule has 0 radical (unpaired) electrons. The number of aliphatic hydroxyl groups excluding tert-OH is 1. The quantitative estimate of drug-likeness (QED) is 0.858. The van der Waals surface area contributed by atoms with Gasteiger partial charge in [-0.2, -0.15) is 0 Å². The summed E-state index contributed by atoms with van der Waals surface area (Å²) in [5, 5.41) is 15.2. The molecule has 17 heavy (non-hydrogen) atoms. The molecule has 4 heteroatoms. The largest absolute Gasteiger partial charge is 0.465 e. The van der Waals surface area contributed by atoms with Crippen molar-refractivity contribution in [3.8, 4) is 0 Å². The van der Waals surface area contributed by atoms with Gasteiger partial charge in [0, 0.05) is 11.4 Å². The number of aryl methyl sites for hydroxylation is 1. The summed E-state index contributed by atoms with van der Waals surface area (Å²) in [6.45, 7) is 4.48. The highest BCUT2D eigenvalue weighted by molar-refractivity contribution is 7.10. The molecule has 2 N–H and O–H groups in total. The minimum atomic E-state index is -0.450. The lowest BCUT2D eigenvalue weighted by molar-refractivity contribution is 0.172. The Morgan fingerprint density at radius 1 is 1.41 bits per heavy atom. The Morgan fingerprint density at radius 3 is 2.82 bits per heavy atom. The first-order valence-electron chi connectivity index (χ1n) is 5.68. The summed E-state index contributed by atoms with van der Waals surface area (Å²) in [4.78, 5) is 0.986. The van der Waals surface area contributed by atoms with Crippen LogP contribution in [0.15, 0.2) is 34.1 Å². The minimum absolute atomic E-state index is 0.110. The Balaban J connectivity index is 1.86. The Hall–Kier alpha value is -1.10. The van der Waals surface area contributed by atoms with Gasteiger partial charge in [-0.25, -0.2) is 0 Å². The van der Waals surface area contributed by atoms with Crippen molar-refractivity contribution < 1.29 is 9.52 Å². The summed E-state index contributed by atoms with van der Waals surface area (Å²) in [5.74, 6) is 1.81. The fourth-order valence-corrected chi connectivity index (χ4v) is 2.37. The summed E-state index contributed by atoms with van der Waals surface area (Å²) in [6, 6.07) is 7.91. The third kappa shape index (κ3) is 3.19. The van der Waals surface area contributed by atoms with Crippen LogP contribution in [0.3, 0.4) is 0 Å². The highest BCUT2D eigenvalue weighted by atomic mass is 32.1. The van der Waals surface area contributed by atoms with Crippen LogP contribution in [0.25, 0.3) is 0 Å². The molecular weight excluding hydrogens is 234 g/mol. The zero-order chi connectivity index (χ0) is 12.3. The maximum Gasteiger partial charge on any atom is 0.120 e. The molecule has 0 bridgehead atoms. The summed E-state index contributed by atoms with van der Waals surface area (Å²) in [5.41, 5.74) is 0. The van der Waals surface area contributed by atoms with Gasteiger partial charge >= 0.3 is 0 Å². The smallest absolute Gasteiger partial charge is 0.120 e. The molecule has 2 aromatic heterocycles. The molecular formula is C13H17NO2S. The molecule has 2 atom stereocenters. The molecule has 0 spiro atoms. The van der Waals surface area contributed by atoms with Crippen molar-refractivity contribution in [2.45, 2.75) is 26.0 Å². The maximum absolute atomic E-state index is 9.93. The van der Waals surface area contributed by atoms with Crippen molar-refractivity contribution in [1.29, 1.82) is 0 Å². The average molecular weight is 251 g/mol. The Bertz CT molecular complexity index is 450. The molecule has 2 aromatic rings. The zero-order valence-corrected chi connectivity index (χ0v) is 10.8. The van der Waals surface area contributed by atoms with E-state index in [0.29, 0.717) is 6.54 Å². The van der Waals surface area contributed by atoms with Gasteiger partial charge < -0.3 is 14.8 Å². The topological polar surface area (TPSA) is 45.4 Å². The lowest BCUT2D eigenvalue weighted by atomic mass is 10.2. The molecule has 2 unspecified atom stereocenters. The van der Waals surface area contributed by atoms with E-state index in [1.54, 1.807) is 11.3 Å². The summed E-state index contributed by atoms with van der Waals surface area (Å²) in [6.07, 6.45) is -0.450. The van der Waals surface area contributed by atoms with Crippen molar-refractivity contribution in [1.82, 2.24) is 5.32 Å². The number of hydrogen-bond acceptors (Lipinski definition) is 4. The van der Waals surface area contributed by atoms with Crippen LogP contribution in [0.1, 0.15) is 35.5 Å². The fraction of sp³-hybridized carbons (Fsp3) is 0.385. The van der Waals surface area contributed by atoms with Crippen molar-refractivity contribution in [3.05, 3.63) is 46.0 Å². The first-order valence-corrected chi connectivity index (χ1v) is 6.56. The number of nitrogens with one attached hydrogen (secondary N) is 1. The van der Waals surface area contributed by atoms with Gasteiger partial charge in [0.1, 0.15) is 17.6 Å². The molecule has 2 rings (SSSR count). The van der Waals surface area contributed by atoms with Crippen molar-refractivity contribution in [2.75, 3.05) is 6.54 Å². The van der Waals surface area contributed by atoms with Gasteiger partial charge in [-0.3, -0.25) is 0 Å². The van der Waals surface area contributed by atoms with Gasteiger partial charge in [0.25, 0.3) is 0 Å². The molecule has 0 aliphatic heterocycles. The average Bonchev–Trinajstić information content (AvgIpc) is 2.95. The van der Waals surface area contributed by atoms with Crippen LogP contribution in [0.5, 0.6) is 0 Å². The van der Waals surface area contributed by atoms with Gasteiger partial charge in [-0.15, -0.1) is 11.3 Å². The molecule has 0 saturated carbocycles. The van der Waals surface area contributed by atoms with E-state index >= 15 is 0 Å². The first kappa shape index (κ1) is 12.4. The molecule has 0 fully saturated rings.